The number of carbonyl (C=O) groups excluding carboxylic acids is 2. The molecule has 5 rings (SSSR count). The summed E-state index contributed by atoms with van der Waals surface area (Å²) in [6.07, 6.45) is 3.72. The Morgan fingerprint density at radius 3 is 2.70 bits per heavy atom. The van der Waals surface area contributed by atoms with Gasteiger partial charge in [-0.1, -0.05) is 30.3 Å². The fraction of sp³-hybridized carbons (Fsp3) is 0.0870. The SMILES string of the molecule is Cc1oc(-c2ccccc2)nc1Cn1ccc2c(C=C3NC(=O)SC3=O)cccc21. The van der Waals surface area contributed by atoms with Crippen molar-refractivity contribution in [3.8, 4) is 11.5 Å². The zero-order valence-corrected chi connectivity index (χ0v) is 16.9. The van der Waals surface area contributed by atoms with Crippen LogP contribution in [0.1, 0.15) is 17.0 Å². The Morgan fingerprint density at radius 1 is 1.10 bits per heavy atom. The molecule has 30 heavy (non-hydrogen) atoms. The maximum atomic E-state index is 11.9. The molecule has 6 nitrogen and oxygen atoms in total. The van der Waals surface area contributed by atoms with Crippen LogP contribution in [0, 0.1) is 6.92 Å². The number of fused-ring (bicyclic) bond motifs is 1. The van der Waals surface area contributed by atoms with Gasteiger partial charge in [0.15, 0.2) is 0 Å². The standard InChI is InChI=1S/C23H17N3O3S/c1-14-19(24-21(29-14)15-6-3-2-4-7-15)13-26-11-10-17-16(8-5-9-20(17)26)12-18-22(27)30-23(28)25-18/h2-12H,13H2,1H3,(H,25,28). The van der Waals surface area contributed by atoms with E-state index in [0.717, 1.165) is 33.5 Å². The Hall–Kier alpha value is -3.58. The van der Waals surface area contributed by atoms with E-state index in [9.17, 15) is 9.59 Å². The number of oxazole rings is 1. The number of amides is 1. The Bertz CT molecular complexity index is 1320. The molecule has 0 unspecified atom stereocenters. The first-order valence-electron chi connectivity index (χ1n) is 9.43. The number of benzene rings is 2. The molecule has 1 fully saturated rings. The fourth-order valence-corrected chi connectivity index (χ4v) is 4.08. The van der Waals surface area contributed by atoms with E-state index in [2.05, 4.69) is 9.88 Å². The third-order valence-corrected chi connectivity index (χ3v) is 5.72. The van der Waals surface area contributed by atoms with Gasteiger partial charge >= 0.3 is 0 Å². The van der Waals surface area contributed by atoms with E-state index in [-0.39, 0.29) is 10.4 Å². The van der Waals surface area contributed by atoms with Crippen LogP contribution >= 0.6 is 11.8 Å². The minimum Gasteiger partial charge on any atom is -0.441 e. The summed E-state index contributed by atoms with van der Waals surface area (Å²) in [5.74, 6) is 1.39. The van der Waals surface area contributed by atoms with Crippen LogP contribution in [0.15, 0.2) is 70.9 Å². The second-order valence-electron chi connectivity index (χ2n) is 6.97. The number of thioether (sulfide) groups is 1. The number of nitrogens with zero attached hydrogens (tertiary/aromatic N) is 2. The van der Waals surface area contributed by atoms with E-state index >= 15 is 0 Å². The van der Waals surface area contributed by atoms with Crippen LogP contribution in [0.25, 0.3) is 28.4 Å². The summed E-state index contributed by atoms with van der Waals surface area (Å²) in [5, 5.41) is 2.99. The number of aromatic nitrogens is 2. The Labute approximate surface area is 176 Å². The molecule has 4 aromatic rings. The van der Waals surface area contributed by atoms with Gasteiger partial charge in [-0.25, -0.2) is 4.98 Å². The molecule has 2 aromatic heterocycles. The molecule has 1 aliphatic heterocycles. The maximum Gasteiger partial charge on any atom is 0.291 e. The first kappa shape index (κ1) is 18.4. The average molecular weight is 415 g/mol. The van der Waals surface area contributed by atoms with Crippen molar-refractivity contribution in [3.05, 3.63) is 83.5 Å². The van der Waals surface area contributed by atoms with E-state index in [4.69, 9.17) is 9.40 Å². The molecule has 1 amide bonds. The fourth-order valence-electron chi connectivity index (χ4n) is 3.53. The lowest BCUT2D eigenvalue weighted by molar-refractivity contribution is -0.107. The third-order valence-electron chi connectivity index (χ3n) is 5.02. The van der Waals surface area contributed by atoms with E-state index in [1.165, 1.54) is 0 Å². The van der Waals surface area contributed by atoms with Gasteiger partial charge in [-0.2, -0.15) is 0 Å². The molecule has 1 N–H and O–H groups in total. The average Bonchev–Trinajstić information content (AvgIpc) is 3.41. The van der Waals surface area contributed by atoms with Crippen molar-refractivity contribution in [2.24, 2.45) is 0 Å². The van der Waals surface area contributed by atoms with Gasteiger partial charge in [0.1, 0.15) is 11.5 Å². The van der Waals surface area contributed by atoms with Crippen molar-refractivity contribution < 1.29 is 14.0 Å². The van der Waals surface area contributed by atoms with Crippen molar-refractivity contribution >= 4 is 39.1 Å². The highest BCUT2D eigenvalue weighted by molar-refractivity contribution is 8.27. The van der Waals surface area contributed by atoms with Crippen LogP contribution in [0.5, 0.6) is 0 Å². The summed E-state index contributed by atoms with van der Waals surface area (Å²) >= 11 is 0.681. The molecule has 0 atom stereocenters. The zero-order valence-electron chi connectivity index (χ0n) is 16.1. The Balaban J connectivity index is 1.48. The molecule has 0 saturated carbocycles. The molecule has 0 radical (unpaired) electrons. The van der Waals surface area contributed by atoms with Gasteiger partial charge in [0.05, 0.1) is 12.2 Å². The maximum absolute atomic E-state index is 11.9. The van der Waals surface area contributed by atoms with Crippen LogP contribution < -0.4 is 5.32 Å². The number of rotatable bonds is 4. The van der Waals surface area contributed by atoms with E-state index in [1.807, 2.05) is 67.7 Å². The summed E-state index contributed by atoms with van der Waals surface area (Å²) < 4.78 is 7.98. The minimum absolute atomic E-state index is 0.261. The van der Waals surface area contributed by atoms with Crippen LogP contribution in [0.4, 0.5) is 4.79 Å². The van der Waals surface area contributed by atoms with Crippen LogP contribution in [-0.2, 0) is 11.3 Å². The number of hydrogen-bond acceptors (Lipinski definition) is 5. The van der Waals surface area contributed by atoms with Crippen LogP contribution in [0.2, 0.25) is 0 Å². The number of hydrogen-bond donors (Lipinski definition) is 1. The van der Waals surface area contributed by atoms with E-state index in [0.29, 0.717) is 29.9 Å². The second-order valence-corrected chi connectivity index (χ2v) is 7.92. The van der Waals surface area contributed by atoms with Gasteiger partial charge < -0.3 is 14.3 Å². The molecule has 2 aromatic carbocycles. The quantitative estimate of drug-likeness (QED) is 0.476. The third kappa shape index (κ3) is 3.33. The lowest BCUT2D eigenvalue weighted by Gasteiger charge is -2.05. The molecule has 1 saturated heterocycles. The van der Waals surface area contributed by atoms with Gasteiger partial charge in [-0.05, 0) is 42.8 Å². The molecular weight excluding hydrogens is 398 g/mol. The Kier molecular flexibility index (Phi) is 4.52. The largest absolute Gasteiger partial charge is 0.441 e. The van der Waals surface area contributed by atoms with Gasteiger partial charge in [0.25, 0.3) is 5.24 Å². The smallest absolute Gasteiger partial charge is 0.291 e. The second kappa shape index (κ2) is 7.35. The lowest BCUT2D eigenvalue weighted by atomic mass is 10.1. The van der Waals surface area contributed by atoms with Gasteiger partial charge in [0, 0.05) is 34.4 Å². The van der Waals surface area contributed by atoms with Crippen LogP contribution in [0.3, 0.4) is 0 Å². The molecule has 7 heteroatoms. The number of aryl methyl sites for hydroxylation is 1. The predicted molar refractivity (Wildman–Crippen MR) is 117 cm³/mol. The normalized spacial score (nSPS) is 15.3. The number of carbonyl (C=O) groups is 2. The highest BCUT2D eigenvalue weighted by Crippen LogP contribution is 2.27. The van der Waals surface area contributed by atoms with E-state index < -0.39 is 0 Å². The summed E-state index contributed by atoms with van der Waals surface area (Å²) in [6.45, 7) is 2.49. The van der Waals surface area contributed by atoms with Crippen molar-refractivity contribution in [1.82, 2.24) is 14.9 Å². The molecule has 0 aliphatic carbocycles. The molecule has 148 valence electrons. The molecular formula is C23H17N3O3S. The van der Waals surface area contributed by atoms with Crippen molar-refractivity contribution in [1.29, 1.82) is 0 Å². The van der Waals surface area contributed by atoms with Crippen molar-refractivity contribution in [2.45, 2.75) is 13.5 Å². The predicted octanol–water partition coefficient (Wildman–Crippen LogP) is 4.98. The first-order chi connectivity index (χ1) is 14.6. The van der Waals surface area contributed by atoms with Gasteiger partial charge in [0.2, 0.25) is 11.0 Å². The summed E-state index contributed by atoms with van der Waals surface area (Å²) in [6, 6.07) is 17.7. The van der Waals surface area contributed by atoms with Gasteiger partial charge in [-0.3, -0.25) is 9.59 Å². The zero-order chi connectivity index (χ0) is 20.7. The number of nitrogens with one attached hydrogen (secondary N) is 1. The summed E-state index contributed by atoms with van der Waals surface area (Å²) in [7, 11) is 0. The summed E-state index contributed by atoms with van der Waals surface area (Å²) in [5.41, 5.74) is 4.01. The minimum atomic E-state index is -0.341. The molecule has 3 heterocycles. The molecule has 1 aliphatic rings. The first-order valence-corrected chi connectivity index (χ1v) is 10.2. The topological polar surface area (TPSA) is 77.1 Å². The highest BCUT2D eigenvalue weighted by Gasteiger charge is 2.25. The van der Waals surface area contributed by atoms with E-state index in [1.54, 1.807) is 6.08 Å². The van der Waals surface area contributed by atoms with Crippen molar-refractivity contribution in [2.75, 3.05) is 0 Å². The summed E-state index contributed by atoms with van der Waals surface area (Å²) in [4.78, 5) is 28.0. The van der Waals surface area contributed by atoms with Crippen molar-refractivity contribution in [3.63, 3.8) is 0 Å². The monoisotopic (exact) mass is 415 g/mol. The van der Waals surface area contributed by atoms with Gasteiger partial charge in [-0.15, -0.1) is 0 Å². The Morgan fingerprint density at radius 2 is 1.93 bits per heavy atom. The lowest BCUT2D eigenvalue weighted by Crippen LogP contribution is -2.10. The van der Waals surface area contributed by atoms with Crippen LogP contribution in [-0.4, -0.2) is 19.9 Å². The highest BCUT2D eigenvalue weighted by atomic mass is 32.2. The molecule has 0 bridgehead atoms. The molecule has 0 spiro atoms.